The van der Waals surface area contributed by atoms with Crippen molar-refractivity contribution >= 4 is 23.7 Å². The SMILES string of the molecule is O=C1NC(=O)C2(CCCCCC2)N1CCSC(F)(F)F. The fraction of sp³-hybridized carbons (Fsp3) is 0.833. The number of carbonyl (C=O) groups excluding carboxylic acids is 2. The van der Waals surface area contributed by atoms with Crippen molar-refractivity contribution in [2.75, 3.05) is 12.3 Å². The third kappa shape index (κ3) is 3.21. The van der Waals surface area contributed by atoms with Crippen molar-refractivity contribution in [3.05, 3.63) is 0 Å². The van der Waals surface area contributed by atoms with Crippen LogP contribution >= 0.6 is 11.8 Å². The predicted octanol–water partition coefficient (Wildman–Crippen LogP) is 2.88. The molecule has 0 aromatic heterocycles. The van der Waals surface area contributed by atoms with E-state index in [1.54, 1.807) is 0 Å². The zero-order valence-electron chi connectivity index (χ0n) is 11.0. The van der Waals surface area contributed by atoms with E-state index in [1.165, 1.54) is 4.90 Å². The Morgan fingerprint density at radius 3 is 2.30 bits per heavy atom. The van der Waals surface area contributed by atoms with E-state index >= 15 is 0 Å². The number of hydrogen-bond donors (Lipinski definition) is 1. The number of amides is 3. The Morgan fingerprint density at radius 1 is 1.15 bits per heavy atom. The fourth-order valence-electron chi connectivity index (χ4n) is 2.98. The molecule has 1 aliphatic carbocycles. The Kier molecular flexibility index (Phi) is 4.51. The van der Waals surface area contributed by atoms with E-state index in [2.05, 4.69) is 5.32 Å². The van der Waals surface area contributed by atoms with E-state index in [0.29, 0.717) is 12.8 Å². The lowest BCUT2D eigenvalue weighted by molar-refractivity contribution is -0.127. The summed E-state index contributed by atoms with van der Waals surface area (Å²) in [5.41, 5.74) is -5.23. The van der Waals surface area contributed by atoms with Gasteiger partial charge >= 0.3 is 11.5 Å². The maximum Gasteiger partial charge on any atom is 0.441 e. The molecule has 0 atom stereocenters. The van der Waals surface area contributed by atoms with Gasteiger partial charge in [-0.1, -0.05) is 25.7 Å². The Morgan fingerprint density at radius 2 is 1.75 bits per heavy atom. The molecule has 1 spiro atoms. The van der Waals surface area contributed by atoms with Gasteiger partial charge in [-0.3, -0.25) is 10.1 Å². The second kappa shape index (κ2) is 5.83. The smallest absolute Gasteiger partial charge is 0.309 e. The monoisotopic (exact) mass is 310 g/mol. The molecule has 0 aromatic carbocycles. The second-order valence-electron chi connectivity index (χ2n) is 5.15. The molecule has 2 rings (SSSR count). The lowest BCUT2D eigenvalue weighted by atomic mass is 9.89. The van der Waals surface area contributed by atoms with Gasteiger partial charge in [-0.25, -0.2) is 4.79 Å². The van der Waals surface area contributed by atoms with Gasteiger partial charge in [0.25, 0.3) is 5.91 Å². The normalized spacial score (nSPS) is 23.1. The van der Waals surface area contributed by atoms with Crippen LogP contribution in [0.3, 0.4) is 0 Å². The van der Waals surface area contributed by atoms with E-state index in [-0.39, 0.29) is 30.0 Å². The van der Waals surface area contributed by atoms with Gasteiger partial charge in [-0.05, 0) is 24.6 Å². The molecular formula is C12H17F3N2O2S. The Hall–Kier alpha value is -0.920. The van der Waals surface area contributed by atoms with Gasteiger partial charge in [0.15, 0.2) is 0 Å². The summed E-state index contributed by atoms with van der Waals surface area (Å²) in [5.74, 6) is -0.590. The molecule has 1 N–H and O–H groups in total. The maximum atomic E-state index is 12.2. The number of carbonyl (C=O) groups is 2. The van der Waals surface area contributed by atoms with Crippen molar-refractivity contribution in [1.29, 1.82) is 0 Å². The number of halogens is 3. The van der Waals surface area contributed by atoms with Crippen molar-refractivity contribution < 1.29 is 22.8 Å². The molecular weight excluding hydrogens is 293 g/mol. The van der Waals surface area contributed by atoms with Crippen molar-refractivity contribution in [2.24, 2.45) is 0 Å². The van der Waals surface area contributed by atoms with Crippen LogP contribution in [0.15, 0.2) is 0 Å². The first kappa shape index (κ1) is 15.5. The first-order valence-corrected chi connectivity index (χ1v) is 7.67. The first-order valence-electron chi connectivity index (χ1n) is 6.69. The molecule has 1 saturated carbocycles. The van der Waals surface area contributed by atoms with Crippen LogP contribution < -0.4 is 5.32 Å². The minimum atomic E-state index is -4.31. The molecule has 4 nitrogen and oxygen atoms in total. The van der Waals surface area contributed by atoms with Gasteiger partial charge in [0.05, 0.1) is 0 Å². The largest absolute Gasteiger partial charge is 0.441 e. The second-order valence-corrected chi connectivity index (χ2v) is 6.31. The molecule has 0 aromatic rings. The quantitative estimate of drug-likeness (QED) is 0.816. The van der Waals surface area contributed by atoms with Crippen LogP contribution in [0.25, 0.3) is 0 Å². The molecule has 1 saturated heterocycles. The zero-order chi connectivity index (χ0) is 14.8. The summed E-state index contributed by atoms with van der Waals surface area (Å²) in [7, 11) is 0. The van der Waals surface area contributed by atoms with E-state index in [0.717, 1.165) is 25.7 Å². The number of nitrogens with one attached hydrogen (secondary N) is 1. The highest BCUT2D eigenvalue weighted by Gasteiger charge is 2.52. The lowest BCUT2D eigenvalue weighted by Crippen LogP contribution is -2.50. The molecule has 0 radical (unpaired) electrons. The summed E-state index contributed by atoms with van der Waals surface area (Å²) < 4.78 is 36.5. The molecule has 8 heteroatoms. The number of nitrogens with zero attached hydrogens (tertiary/aromatic N) is 1. The van der Waals surface area contributed by atoms with Crippen LogP contribution in [0.5, 0.6) is 0 Å². The topological polar surface area (TPSA) is 49.4 Å². The summed E-state index contributed by atoms with van der Waals surface area (Å²) in [5, 5.41) is 2.26. The highest BCUT2D eigenvalue weighted by molar-refractivity contribution is 8.00. The third-order valence-electron chi connectivity index (χ3n) is 3.92. The van der Waals surface area contributed by atoms with Crippen molar-refractivity contribution in [1.82, 2.24) is 10.2 Å². The molecule has 3 amide bonds. The van der Waals surface area contributed by atoms with Crippen LogP contribution in [-0.4, -0.2) is 40.2 Å². The molecule has 1 aliphatic heterocycles. The van der Waals surface area contributed by atoms with Crippen molar-refractivity contribution in [3.8, 4) is 0 Å². The summed E-state index contributed by atoms with van der Waals surface area (Å²) in [6, 6.07) is -0.556. The van der Waals surface area contributed by atoms with Crippen LogP contribution in [0, 0.1) is 0 Å². The minimum Gasteiger partial charge on any atom is -0.309 e. The standard InChI is InChI=1S/C12H17F3N2O2S/c13-12(14,15)20-8-7-17-10(19)16-9(18)11(17)5-3-1-2-4-6-11/h1-8H2,(H,16,18,19). The molecule has 2 aliphatic rings. The van der Waals surface area contributed by atoms with Gasteiger partial charge in [0.2, 0.25) is 0 Å². The van der Waals surface area contributed by atoms with Gasteiger partial charge in [-0.2, -0.15) is 13.2 Å². The fourth-order valence-corrected chi connectivity index (χ4v) is 3.48. The molecule has 0 unspecified atom stereocenters. The number of imide groups is 1. The number of thioether (sulfide) groups is 1. The van der Waals surface area contributed by atoms with E-state index in [9.17, 15) is 22.8 Å². The zero-order valence-corrected chi connectivity index (χ0v) is 11.8. The van der Waals surface area contributed by atoms with Gasteiger partial charge < -0.3 is 4.90 Å². The van der Waals surface area contributed by atoms with Crippen LogP contribution in [0.2, 0.25) is 0 Å². The third-order valence-corrected chi connectivity index (χ3v) is 4.63. The van der Waals surface area contributed by atoms with E-state index in [4.69, 9.17) is 0 Å². The molecule has 0 bridgehead atoms. The average molecular weight is 310 g/mol. The van der Waals surface area contributed by atoms with Crippen molar-refractivity contribution in [2.45, 2.75) is 49.6 Å². The number of urea groups is 1. The maximum absolute atomic E-state index is 12.2. The van der Waals surface area contributed by atoms with Crippen molar-refractivity contribution in [3.63, 3.8) is 0 Å². The van der Waals surface area contributed by atoms with Crippen LogP contribution in [0.4, 0.5) is 18.0 Å². The van der Waals surface area contributed by atoms with Gasteiger partial charge in [-0.15, -0.1) is 0 Å². The van der Waals surface area contributed by atoms with Gasteiger partial charge in [0, 0.05) is 12.3 Å². The summed E-state index contributed by atoms with van der Waals surface area (Å²) in [4.78, 5) is 25.2. The Bertz CT molecular complexity index is 393. The van der Waals surface area contributed by atoms with Crippen LogP contribution in [0.1, 0.15) is 38.5 Å². The predicted molar refractivity (Wildman–Crippen MR) is 69.2 cm³/mol. The van der Waals surface area contributed by atoms with Crippen LogP contribution in [-0.2, 0) is 4.79 Å². The first-order chi connectivity index (χ1) is 9.35. The van der Waals surface area contributed by atoms with E-state index in [1.807, 2.05) is 0 Å². The highest BCUT2D eigenvalue weighted by Crippen LogP contribution is 2.37. The van der Waals surface area contributed by atoms with E-state index < -0.39 is 17.1 Å². The molecule has 2 fully saturated rings. The number of rotatable bonds is 3. The number of hydrogen-bond acceptors (Lipinski definition) is 3. The highest BCUT2D eigenvalue weighted by atomic mass is 32.2. The minimum absolute atomic E-state index is 0.0538. The van der Waals surface area contributed by atoms with Gasteiger partial charge in [0.1, 0.15) is 5.54 Å². The summed E-state index contributed by atoms with van der Waals surface area (Å²) in [6.07, 6.45) is 4.72. The molecule has 114 valence electrons. The lowest BCUT2D eigenvalue weighted by Gasteiger charge is -2.34. The summed E-state index contributed by atoms with van der Waals surface area (Å²) >= 11 is -0.157. The number of alkyl halides is 3. The Balaban J connectivity index is 2.07. The Labute approximate surface area is 119 Å². The molecule has 20 heavy (non-hydrogen) atoms. The average Bonchev–Trinajstić information content (AvgIpc) is 2.55. The molecule has 1 heterocycles. The summed E-state index contributed by atoms with van der Waals surface area (Å²) in [6.45, 7) is -0.0538.